The van der Waals surface area contributed by atoms with Crippen molar-refractivity contribution < 1.29 is 4.79 Å². The van der Waals surface area contributed by atoms with Crippen LogP contribution in [0.4, 0.5) is 11.4 Å². The molecule has 1 amide bonds. The van der Waals surface area contributed by atoms with Crippen molar-refractivity contribution in [3.8, 4) is 0 Å². The van der Waals surface area contributed by atoms with E-state index in [4.69, 9.17) is 23.1 Å². The smallest absolute Gasteiger partial charge is 0.250 e. The maximum atomic E-state index is 11.5. The summed E-state index contributed by atoms with van der Waals surface area (Å²) in [7, 11) is 0. The molecule has 0 unspecified atom stereocenters. The Morgan fingerprint density at radius 2 is 2.20 bits per heavy atom. The predicted molar refractivity (Wildman–Crippen MR) is 80.7 cm³/mol. The van der Waals surface area contributed by atoms with Gasteiger partial charge in [0.1, 0.15) is 0 Å². The van der Waals surface area contributed by atoms with Gasteiger partial charge in [-0.2, -0.15) is 0 Å². The third-order valence-corrected chi connectivity index (χ3v) is 3.23. The third kappa shape index (κ3) is 3.00. The first-order valence-electron chi connectivity index (χ1n) is 6.02. The lowest BCUT2D eigenvalue weighted by Crippen LogP contribution is -2.15. The molecule has 0 aliphatic heterocycles. The molecule has 1 aromatic heterocycles. The molecule has 6 heteroatoms. The number of hydrogen-bond acceptors (Lipinski definition) is 4. The molecule has 0 spiro atoms. The van der Waals surface area contributed by atoms with Crippen LogP contribution in [0.2, 0.25) is 5.02 Å². The second-order valence-electron chi connectivity index (χ2n) is 4.41. The van der Waals surface area contributed by atoms with Crippen LogP contribution >= 0.6 is 11.6 Å². The number of pyridine rings is 1. The van der Waals surface area contributed by atoms with Crippen molar-refractivity contribution in [3.63, 3.8) is 0 Å². The van der Waals surface area contributed by atoms with Crippen LogP contribution in [-0.4, -0.2) is 10.9 Å². The summed E-state index contributed by atoms with van der Waals surface area (Å²) in [5.41, 5.74) is 14.1. The summed E-state index contributed by atoms with van der Waals surface area (Å²) in [5.74, 6) is -0.584. The maximum Gasteiger partial charge on any atom is 0.250 e. The number of carbonyl (C=O) groups excluding carboxylic acids is 1. The van der Waals surface area contributed by atoms with Gasteiger partial charge >= 0.3 is 0 Å². The minimum Gasteiger partial charge on any atom is -0.399 e. The number of nitrogens with one attached hydrogen (secondary N) is 1. The van der Waals surface area contributed by atoms with Crippen molar-refractivity contribution in [1.82, 2.24) is 4.98 Å². The lowest BCUT2D eigenvalue weighted by Gasteiger charge is -2.13. The Hall–Kier alpha value is -2.27. The highest BCUT2D eigenvalue weighted by molar-refractivity contribution is 6.34. The van der Waals surface area contributed by atoms with Gasteiger partial charge in [-0.3, -0.25) is 9.78 Å². The van der Waals surface area contributed by atoms with Gasteiger partial charge in [0.05, 0.1) is 28.5 Å². The number of nitrogen functional groups attached to an aromatic ring is 1. The average Bonchev–Trinajstić information content (AvgIpc) is 2.38. The van der Waals surface area contributed by atoms with Gasteiger partial charge < -0.3 is 16.8 Å². The highest BCUT2D eigenvalue weighted by Crippen LogP contribution is 2.29. The van der Waals surface area contributed by atoms with E-state index in [9.17, 15) is 4.79 Å². The Bertz CT molecular complexity index is 658. The molecule has 1 heterocycles. The lowest BCUT2D eigenvalue weighted by atomic mass is 10.1. The van der Waals surface area contributed by atoms with Crippen LogP contribution in [0.3, 0.4) is 0 Å². The monoisotopic (exact) mass is 290 g/mol. The van der Waals surface area contributed by atoms with Gasteiger partial charge in [-0.05, 0) is 30.7 Å². The van der Waals surface area contributed by atoms with Crippen LogP contribution in [0.15, 0.2) is 30.5 Å². The van der Waals surface area contributed by atoms with Crippen molar-refractivity contribution in [2.45, 2.75) is 13.5 Å². The van der Waals surface area contributed by atoms with Gasteiger partial charge in [0.15, 0.2) is 0 Å². The molecular formula is C14H15ClN4O. The first kappa shape index (κ1) is 14.1. The first-order chi connectivity index (χ1) is 9.49. The number of amides is 1. The summed E-state index contributed by atoms with van der Waals surface area (Å²) in [6.07, 6.45) is 1.71. The molecule has 0 atom stereocenters. The minimum absolute atomic E-state index is 0.267. The highest BCUT2D eigenvalue weighted by Gasteiger charge is 2.13. The third-order valence-electron chi connectivity index (χ3n) is 2.93. The number of aryl methyl sites for hydroxylation is 1. The van der Waals surface area contributed by atoms with Crippen molar-refractivity contribution in [3.05, 3.63) is 52.3 Å². The number of nitrogens with zero attached hydrogens (tertiary/aromatic N) is 1. The second-order valence-corrected chi connectivity index (χ2v) is 4.82. The molecule has 5 nitrogen and oxygen atoms in total. The molecule has 0 saturated heterocycles. The van der Waals surface area contributed by atoms with Gasteiger partial charge in [-0.15, -0.1) is 0 Å². The molecule has 1 aromatic carbocycles. The first-order valence-corrected chi connectivity index (χ1v) is 6.40. The standard InChI is InChI=1S/C14H15ClN4O/c1-8-3-2-4-18-12(8)7-19-13-10(14(17)20)5-9(16)6-11(13)15/h2-6,19H,7,16H2,1H3,(H2,17,20). The van der Waals surface area contributed by atoms with Gasteiger partial charge in [0, 0.05) is 11.9 Å². The zero-order valence-electron chi connectivity index (χ0n) is 11.0. The van der Waals surface area contributed by atoms with E-state index in [1.54, 1.807) is 12.3 Å². The van der Waals surface area contributed by atoms with Crippen LogP contribution in [0.5, 0.6) is 0 Å². The fourth-order valence-corrected chi connectivity index (χ4v) is 2.17. The normalized spacial score (nSPS) is 10.3. The van der Waals surface area contributed by atoms with Crippen molar-refractivity contribution in [2.24, 2.45) is 5.73 Å². The number of hydrogen-bond donors (Lipinski definition) is 3. The number of anilines is 2. The topological polar surface area (TPSA) is 94.0 Å². The average molecular weight is 291 g/mol. The number of carbonyl (C=O) groups is 1. The summed E-state index contributed by atoms with van der Waals surface area (Å²) in [4.78, 5) is 15.7. The molecule has 104 valence electrons. The van der Waals surface area contributed by atoms with Crippen molar-refractivity contribution in [1.29, 1.82) is 0 Å². The summed E-state index contributed by atoms with van der Waals surface area (Å²) in [5, 5.41) is 3.45. The largest absolute Gasteiger partial charge is 0.399 e. The Balaban J connectivity index is 2.30. The highest BCUT2D eigenvalue weighted by atomic mass is 35.5. The molecule has 5 N–H and O–H groups in total. The van der Waals surface area contributed by atoms with Crippen LogP contribution in [-0.2, 0) is 6.54 Å². The number of nitrogens with two attached hydrogens (primary N) is 2. The van der Waals surface area contributed by atoms with E-state index in [0.717, 1.165) is 11.3 Å². The fourth-order valence-electron chi connectivity index (χ4n) is 1.88. The SMILES string of the molecule is Cc1cccnc1CNc1c(Cl)cc(N)cc1C(N)=O. The molecule has 2 rings (SSSR count). The summed E-state index contributed by atoms with van der Waals surface area (Å²) in [6.45, 7) is 2.40. The van der Waals surface area contributed by atoms with E-state index in [-0.39, 0.29) is 5.56 Å². The molecule has 0 aliphatic rings. The van der Waals surface area contributed by atoms with Crippen molar-refractivity contribution >= 4 is 28.9 Å². The second kappa shape index (κ2) is 5.79. The van der Waals surface area contributed by atoms with Crippen LogP contribution in [0.1, 0.15) is 21.6 Å². The van der Waals surface area contributed by atoms with E-state index >= 15 is 0 Å². The Kier molecular flexibility index (Phi) is 4.10. The molecule has 2 aromatic rings. The number of halogens is 1. The Morgan fingerprint density at radius 3 is 2.85 bits per heavy atom. The van der Waals surface area contributed by atoms with E-state index in [1.165, 1.54) is 6.07 Å². The molecule has 20 heavy (non-hydrogen) atoms. The number of benzene rings is 1. The number of rotatable bonds is 4. The summed E-state index contributed by atoms with van der Waals surface area (Å²) < 4.78 is 0. The number of aromatic nitrogens is 1. The Labute approximate surface area is 121 Å². The quantitative estimate of drug-likeness (QED) is 0.753. The maximum absolute atomic E-state index is 11.5. The van der Waals surface area contributed by atoms with E-state index in [2.05, 4.69) is 10.3 Å². The molecule has 0 bridgehead atoms. The molecule has 0 radical (unpaired) electrons. The zero-order chi connectivity index (χ0) is 14.7. The van der Waals surface area contributed by atoms with Crippen LogP contribution in [0, 0.1) is 6.92 Å². The van der Waals surface area contributed by atoms with E-state index < -0.39 is 5.91 Å². The predicted octanol–water partition coefficient (Wildman–Crippen LogP) is 2.34. The summed E-state index contributed by atoms with van der Waals surface area (Å²) in [6, 6.07) is 6.90. The summed E-state index contributed by atoms with van der Waals surface area (Å²) >= 11 is 6.11. The van der Waals surface area contributed by atoms with Gasteiger partial charge in [-0.1, -0.05) is 17.7 Å². The fraction of sp³-hybridized carbons (Fsp3) is 0.143. The zero-order valence-corrected chi connectivity index (χ0v) is 11.7. The van der Waals surface area contributed by atoms with Gasteiger partial charge in [-0.25, -0.2) is 0 Å². The molecule has 0 fully saturated rings. The lowest BCUT2D eigenvalue weighted by molar-refractivity contribution is 0.100. The van der Waals surface area contributed by atoms with E-state index in [1.807, 2.05) is 19.1 Å². The molecule has 0 saturated carbocycles. The molecular weight excluding hydrogens is 276 g/mol. The van der Waals surface area contributed by atoms with Gasteiger partial charge in [0.25, 0.3) is 5.91 Å². The van der Waals surface area contributed by atoms with E-state index in [0.29, 0.717) is 22.9 Å². The molecule has 0 aliphatic carbocycles. The van der Waals surface area contributed by atoms with Crippen LogP contribution in [0.25, 0.3) is 0 Å². The van der Waals surface area contributed by atoms with Crippen molar-refractivity contribution in [2.75, 3.05) is 11.1 Å². The Morgan fingerprint density at radius 1 is 1.45 bits per heavy atom. The minimum atomic E-state index is -0.584. The number of primary amides is 1. The van der Waals surface area contributed by atoms with Gasteiger partial charge in [0.2, 0.25) is 0 Å². The van der Waals surface area contributed by atoms with Crippen LogP contribution < -0.4 is 16.8 Å².